The molecule has 0 aliphatic heterocycles. The predicted molar refractivity (Wildman–Crippen MR) is 179 cm³/mol. The Labute approximate surface area is 278 Å². The Bertz CT molecular complexity index is 2300. The largest absolute Gasteiger partial charge is 0.392 e. The molecule has 2 aromatic carbocycles. The molecular weight excluding hydrogens is 631 g/mol. The zero-order chi connectivity index (χ0) is 34.7. The first kappa shape index (κ1) is 32.3. The van der Waals surface area contributed by atoms with Crippen molar-refractivity contribution in [3.8, 4) is 6.07 Å². The number of imidazole rings is 1. The number of hydrogen-bond donors (Lipinski definition) is 2. The number of quaternary nitrogens is 1. The highest BCUT2D eigenvalue weighted by atomic mass is 19.1. The van der Waals surface area contributed by atoms with Crippen LogP contribution < -0.4 is 10.6 Å². The zero-order valence-corrected chi connectivity index (χ0v) is 26.7. The summed E-state index contributed by atoms with van der Waals surface area (Å²) in [6.07, 6.45) is 7.74. The Morgan fingerprint density at radius 2 is 1.98 bits per heavy atom. The number of pyridine rings is 1. The van der Waals surface area contributed by atoms with Crippen molar-refractivity contribution in [1.29, 1.82) is 5.26 Å². The molecule has 0 saturated carbocycles. The predicted octanol–water partition coefficient (Wildman–Crippen LogP) is 4.59. The Hall–Kier alpha value is -6.60. The maximum Gasteiger partial charge on any atom is 0.392 e. The van der Waals surface area contributed by atoms with Gasteiger partial charge in [-0.15, -0.1) is 0 Å². The van der Waals surface area contributed by atoms with E-state index in [1.165, 1.54) is 35.3 Å². The number of nitro groups is 1. The molecule has 6 aromatic rings. The number of anilines is 3. The lowest BCUT2D eigenvalue weighted by molar-refractivity contribution is -0.898. The molecule has 0 fully saturated rings. The molecule has 0 bridgehead atoms. The normalized spacial score (nSPS) is 11.7. The minimum absolute atomic E-state index is 0.0458. The van der Waals surface area contributed by atoms with Gasteiger partial charge in [0.05, 0.1) is 50.6 Å². The van der Waals surface area contributed by atoms with E-state index in [1.54, 1.807) is 36.1 Å². The van der Waals surface area contributed by atoms with Gasteiger partial charge in [0.15, 0.2) is 11.8 Å². The Morgan fingerprint density at radius 1 is 1.14 bits per heavy atom. The Kier molecular flexibility index (Phi) is 8.75. The van der Waals surface area contributed by atoms with E-state index in [0.29, 0.717) is 35.5 Å². The summed E-state index contributed by atoms with van der Waals surface area (Å²) in [4.78, 5) is 40.5. The van der Waals surface area contributed by atoms with Crippen LogP contribution in [0.5, 0.6) is 0 Å². The van der Waals surface area contributed by atoms with Gasteiger partial charge in [-0.25, -0.2) is 19.3 Å². The van der Waals surface area contributed by atoms with E-state index in [4.69, 9.17) is 0 Å². The van der Waals surface area contributed by atoms with Crippen LogP contribution in [-0.4, -0.2) is 70.2 Å². The quantitative estimate of drug-likeness (QED) is 0.0862. The first-order valence-corrected chi connectivity index (χ1v) is 15.0. The van der Waals surface area contributed by atoms with Crippen LogP contribution in [0.2, 0.25) is 0 Å². The fraction of sp³-hybridized carbons (Fsp3) is 0.182. The van der Waals surface area contributed by atoms with Gasteiger partial charge in [0.1, 0.15) is 30.3 Å². The topological polar surface area (TPSA) is 182 Å². The zero-order valence-electron chi connectivity index (χ0n) is 26.7. The minimum Gasteiger partial charge on any atom is -0.358 e. The van der Waals surface area contributed by atoms with Gasteiger partial charge in [0.2, 0.25) is 5.91 Å². The summed E-state index contributed by atoms with van der Waals surface area (Å²) >= 11 is 0. The van der Waals surface area contributed by atoms with Gasteiger partial charge >= 0.3 is 11.6 Å². The third-order valence-corrected chi connectivity index (χ3v) is 7.81. The number of nitrogens with one attached hydrogen (secondary N) is 2. The van der Waals surface area contributed by atoms with E-state index in [-0.39, 0.29) is 34.3 Å². The van der Waals surface area contributed by atoms with Crippen LogP contribution in [-0.2, 0) is 24.9 Å². The molecule has 0 unspecified atom stereocenters. The molecule has 0 aliphatic carbocycles. The van der Waals surface area contributed by atoms with Crippen LogP contribution in [0, 0.1) is 27.3 Å². The lowest BCUT2D eigenvalue weighted by Crippen LogP contribution is -2.39. The van der Waals surface area contributed by atoms with Gasteiger partial charge in [-0.2, -0.15) is 10.4 Å². The fourth-order valence-corrected chi connectivity index (χ4v) is 5.39. The van der Waals surface area contributed by atoms with Crippen LogP contribution >= 0.6 is 0 Å². The number of nitrogens with zero attached hydrogens (tertiary/aromatic N) is 10. The van der Waals surface area contributed by atoms with Gasteiger partial charge in [0, 0.05) is 29.6 Å². The highest BCUT2D eigenvalue weighted by Crippen LogP contribution is 2.27. The van der Waals surface area contributed by atoms with Crippen molar-refractivity contribution in [2.45, 2.75) is 13.1 Å². The number of likely N-dealkylation sites (N-methyl/N-ethyl adjacent to an activating group) is 1. The summed E-state index contributed by atoms with van der Waals surface area (Å²) in [6, 6.07) is 15.7. The second-order valence-corrected chi connectivity index (χ2v) is 11.9. The molecule has 1 amide bonds. The Balaban J connectivity index is 1.13. The number of amides is 1. The molecule has 15 nitrogen and oxygen atoms in total. The van der Waals surface area contributed by atoms with E-state index in [0.717, 1.165) is 22.2 Å². The number of rotatable bonds is 11. The van der Waals surface area contributed by atoms with Gasteiger partial charge in [-0.1, -0.05) is 12.1 Å². The number of halogens is 1. The maximum atomic E-state index is 13.7. The number of hydrogen-bond acceptors (Lipinski definition) is 10. The molecule has 49 heavy (non-hydrogen) atoms. The Morgan fingerprint density at radius 3 is 2.76 bits per heavy atom. The SMILES string of the molecule is Cn1c(C#N)nc([N+](=O)[O-])c1C[N+](C)(C)C/C=C/C(=O)Nc1cc2c(Nc3ccc4c(cnn4Cc4cccc(F)c4)c3)ncnc2cn1. The third-order valence-electron chi connectivity index (χ3n) is 7.81. The van der Waals surface area contributed by atoms with Gasteiger partial charge < -0.3 is 25.2 Å². The lowest BCUT2D eigenvalue weighted by atomic mass is 10.2. The monoisotopic (exact) mass is 661 g/mol. The number of benzene rings is 2. The minimum atomic E-state index is -0.603. The van der Waals surface area contributed by atoms with Crippen molar-refractivity contribution >= 4 is 50.9 Å². The molecule has 0 saturated heterocycles. The van der Waals surface area contributed by atoms with Gasteiger partial charge in [0.25, 0.3) is 0 Å². The molecule has 2 N–H and O–H groups in total. The average Bonchev–Trinajstić information content (AvgIpc) is 3.60. The maximum absolute atomic E-state index is 13.7. The number of carbonyl (C=O) groups excluding carboxylic acids is 1. The smallest absolute Gasteiger partial charge is 0.358 e. The van der Waals surface area contributed by atoms with E-state index in [1.807, 2.05) is 44.4 Å². The van der Waals surface area contributed by atoms with Crippen molar-refractivity contribution in [3.63, 3.8) is 0 Å². The summed E-state index contributed by atoms with van der Waals surface area (Å²) in [6.45, 7) is 0.997. The number of aromatic nitrogens is 7. The molecule has 246 valence electrons. The van der Waals surface area contributed by atoms with Gasteiger partial charge in [-0.05, 0) is 57.9 Å². The van der Waals surface area contributed by atoms with Crippen LogP contribution in [0.3, 0.4) is 0 Å². The average molecular weight is 662 g/mol. The molecule has 4 aromatic heterocycles. The van der Waals surface area contributed by atoms with E-state index >= 15 is 0 Å². The molecule has 16 heteroatoms. The third kappa shape index (κ3) is 7.21. The van der Waals surface area contributed by atoms with E-state index < -0.39 is 10.8 Å². The molecule has 4 heterocycles. The highest BCUT2D eigenvalue weighted by Gasteiger charge is 2.30. The molecule has 0 atom stereocenters. The first-order valence-electron chi connectivity index (χ1n) is 15.0. The van der Waals surface area contributed by atoms with Crippen molar-refractivity contribution in [2.75, 3.05) is 31.3 Å². The summed E-state index contributed by atoms with van der Waals surface area (Å²) in [5, 5.41) is 32.8. The standard InChI is InChI=1S/C33H29FN12O3/c1-43-28(33(45(48)49)42-30(43)15-35)19-46(2,3)11-5-8-31(47)41-29-14-25-26(17-36-29)37-20-38-32(25)40-24-9-10-27-22(13-24)16-39-44(27)18-21-6-4-7-23(34)12-21/h4-10,12-14,16-17,20H,11,18-19H2,1-3H3,(H-,36,37,38,40,41,47)/p+1/b8-5+. The molecule has 6 rings (SSSR count). The van der Waals surface area contributed by atoms with E-state index in [9.17, 15) is 24.6 Å². The van der Waals surface area contributed by atoms with Crippen molar-refractivity contribution in [2.24, 2.45) is 7.05 Å². The number of nitriles is 1. The van der Waals surface area contributed by atoms with Crippen LogP contribution in [0.4, 0.5) is 27.5 Å². The lowest BCUT2D eigenvalue weighted by Gasteiger charge is -2.28. The van der Waals surface area contributed by atoms with Crippen LogP contribution in [0.1, 0.15) is 17.1 Å². The fourth-order valence-electron chi connectivity index (χ4n) is 5.39. The number of carbonyl (C=O) groups is 1. The second-order valence-electron chi connectivity index (χ2n) is 11.9. The molecular formula is C33H30FN12O3+. The van der Waals surface area contributed by atoms with Gasteiger partial charge in [-0.3, -0.25) is 14.0 Å². The van der Waals surface area contributed by atoms with Crippen molar-refractivity contribution in [1.82, 2.24) is 34.3 Å². The summed E-state index contributed by atoms with van der Waals surface area (Å²) in [5.41, 5.74) is 3.33. The second kappa shape index (κ2) is 13.3. The first-order chi connectivity index (χ1) is 23.5. The molecule has 0 aliphatic rings. The van der Waals surface area contributed by atoms with Crippen molar-refractivity contribution in [3.05, 3.63) is 112 Å². The molecule has 0 radical (unpaired) electrons. The van der Waals surface area contributed by atoms with E-state index in [2.05, 4.69) is 35.7 Å². The molecule has 0 spiro atoms. The van der Waals surface area contributed by atoms with Crippen molar-refractivity contribution < 1.29 is 18.6 Å². The number of fused-ring (bicyclic) bond motifs is 2. The van der Waals surface area contributed by atoms with Crippen LogP contribution in [0.25, 0.3) is 21.8 Å². The highest BCUT2D eigenvalue weighted by molar-refractivity contribution is 6.00. The van der Waals surface area contributed by atoms with Crippen LogP contribution in [0.15, 0.2) is 79.4 Å². The summed E-state index contributed by atoms with van der Waals surface area (Å²) in [5.74, 6) is -0.323. The summed E-state index contributed by atoms with van der Waals surface area (Å²) in [7, 11) is 5.26. The summed E-state index contributed by atoms with van der Waals surface area (Å²) < 4.78 is 17.1.